The van der Waals surface area contributed by atoms with Gasteiger partial charge in [-0.1, -0.05) is 0 Å². The molecule has 0 aromatic carbocycles. The standard InChI is InChI=1S/C9H14F2N2/c1-5-4-12-8-2-6(10)7(11)3-9(8)13-5/h6-9,12H,2-4H2,1H3. The molecule has 0 saturated heterocycles. The van der Waals surface area contributed by atoms with Gasteiger partial charge in [0.1, 0.15) is 12.3 Å². The van der Waals surface area contributed by atoms with E-state index in [0.717, 1.165) is 5.71 Å². The fourth-order valence-corrected chi connectivity index (χ4v) is 2.06. The van der Waals surface area contributed by atoms with Crippen LogP contribution in [0.5, 0.6) is 0 Å². The van der Waals surface area contributed by atoms with Crippen molar-refractivity contribution < 1.29 is 8.78 Å². The molecule has 2 nitrogen and oxygen atoms in total. The van der Waals surface area contributed by atoms with Crippen molar-refractivity contribution >= 4 is 5.71 Å². The van der Waals surface area contributed by atoms with Crippen molar-refractivity contribution in [3.8, 4) is 0 Å². The Balaban J connectivity index is 2.09. The normalized spacial score (nSPS) is 45.3. The summed E-state index contributed by atoms with van der Waals surface area (Å²) < 4.78 is 26.0. The van der Waals surface area contributed by atoms with Gasteiger partial charge in [-0.3, -0.25) is 4.99 Å². The molecule has 0 amide bonds. The van der Waals surface area contributed by atoms with Gasteiger partial charge >= 0.3 is 0 Å². The SMILES string of the molecule is CC1=NC2CC(F)C(F)CC2NC1. The predicted octanol–water partition coefficient (Wildman–Crippen LogP) is 1.26. The van der Waals surface area contributed by atoms with E-state index in [1.165, 1.54) is 0 Å². The Morgan fingerprint density at radius 1 is 1.31 bits per heavy atom. The van der Waals surface area contributed by atoms with Crippen LogP contribution in [-0.4, -0.2) is 36.7 Å². The zero-order valence-electron chi connectivity index (χ0n) is 7.63. The van der Waals surface area contributed by atoms with E-state index in [1.54, 1.807) is 0 Å². The molecule has 1 fully saturated rings. The zero-order valence-corrected chi connectivity index (χ0v) is 7.63. The molecule has 0 bridgehead atoms. The molecule has 0 radical (unpaired) electrons. The van der Waals surface area contributed by atoms with Gasteiger partial charge in [-0.25, -0.2) is 8.78 Å². The minimum Gasteiger partial charge on any atom is -0.306 e. The number of alkyl halides is 2. The smallest absolute Gasteiger partial charge is 0.133 e. The van der Waals surface area contributed by atoms with E-state index in [0.29, 0.717) is 6.54 Å². The molecule has 1 aliphatic heterocycles. The Morgan fingerprint density at radius 2 is 2.00 bits per heavy atom. The third kappa shape index (κ3) is 1.73. The summed E-state index contributed by atoms with van der Waals surface area (Å²) in [6, 6.07) is 0.00134. The Hall–Kier alpha value is -0.510. The molecule has 4 unspecified atom stereocenters. The number of aliphatic imine (C=N–C) groups is 1. The van der Waals surface area contributed by atoms with Crippen LogP contribution in [0.2, 0.25) is 0 Å². The van der Waals surface area contributed by atoms with Crippen molar-refractivity contribution in [3.63, 3.8) is 0 Å². The van der Waals surface area contributed by atoms with Crippen molar-refractivity contribution in [2.75, 3.05) is 6.54 Å². The van der Waals surface area contributed by atoms with Gasteiger partial charge in [0, 0.05) is 24.7 Å². The van der Waals surface area contributed by atoms with Crippen LogP contribution in [0, 0.1) is 0 Å². The number of nitrogens with zero attached hydrogens (tertiary/aromatic N) is 1. The van der Waals surface area contributed by atoms with E-state index in [-0.39, 0.29) is 24.9 Å². The monoisotopic (exact) mass is 188 g/mol. The van der Waals surface area contributed by atoms with Crippen LogP contribution in [0.15, 0.2) is 4.99 Å². The molecule has 2 rings (SSSR count). The molecule has 0 aromatic rings. The number of halogens is 2. The van der Waals surface area contributed by atoms with Crippen LogP contribution in [0.3, 0.4) is 0 Å². The fourth-order valence-electron chi connectivity index (χ4n) is 2.06. The Morgan fingerprint density at radius 3 is 2.77 bits per heavy atom. The van der Waals surface area contributed by atoms with Crippen LogP contribution in [0.1, 0.15) is 19.8 Å². The summed E-state index contributed by atoms with van der Waals surface area (Å²) in [5.74, 6) is 0. The second-order valence-electron chi connectivity index (χ2n) is 3.92. The van der Waals surface area contributed by atoms with E-state index in [1.807, 2.05) is 6.92 Å². The molecule has 74 valence electrons. The van der Waals surface area contributed by atoms with Crippen LogP contribution < -0.4 is 5.32 Å². The molecule has 4 heteroatoms. The van der Waals surface area contributed by atoms with Gasteiger partial charge in [0.15, 0.2) is 0 Å². The Kier molecular flexibility index (Phi) is 2.32. The molecule has 4 atom stereocenters. The summed E-state index contributed by atoms with van der Waals surface area (Å²) in [5, 5.41) is 3.18. The van der Waals surface area contributed by atoms with Crippen LogP contribution in [-0.2, 0) is 0 Å². The molecule has 1 N–H and O–H groups in total. The minimum atomic E-state index is -1.32. The molecule has 1 saturated carbocycles. The summed E-state index contributed by atoms with van der Waals surface area (Å²) in [5.41, 5.74) is 0.991. The first-order valence-corrected chi connectivity index (χ1v) is 4.71. The zero-order chi connectivity index (χ0) is 9.42. The Labute approximate surface area is 76.4 Å². The van der Waals surface area contributed by atoms with Gasteiger partial charge in [-0.15, -0.1) is 0 Å². The third-order valence-electron chi connectivity index (χ3n) is 2.81. The predicted molar refractivity (Wildman–Crippen MR) is 47.7 cm³/mol. The van der Waals surface area contributed by atoms with Crippen LogP contribution >= 0.6 is 0 Å². The largest absolute Gasteiger partial charge is 0.306 e. The molecule has 0 spiro atoms. The highest BCUT2D eigenvalue weighted by Gasteiger charge is 2.38. The maximum absolute atomic E-state index is 13.0. The highest BCUT2D eigenvalue weighted by Crippen LogP contribution is 2.28. The van der Waals surface area contributed by atoms with Crippen LogP contribution in [0.25, 0.3) is 0 Å². The molecule has 0 aromatic heterocycles. The van der Waals surface area contributed by atoms with Gasteiger partial charge < -0.3 is 5.32 Å². The van der Waals surface area contributed by atoms with Crippen molar-refractivity contribution in [3.05, 3.63) is 0 Å². The second kappa shape index (κ2) is 3.33. The lowest BCUT2D eigenvalue weighted by Crippen LogP contribution is -2.52. The topological polar surface area (TPSA) is 24.4 Å². The fraction of sp³-hybridized carbons (Fsp3) is 0.889. The highest BCUT2D eigenvalue weighted by atomic mass is 19.2. The summed E-state index contributed by atoms with van der Waals surface area (Å²) >= 11 is 0. The summed E-state index contributed by atoms with van der Waals surface area (Å²) in [6.07, 6.45) is -2.13. The van der Waals surface area contributed by atoms with Gasteiger partial charge in [0.2, 0.25) is 0 Å². The van der Waals surface area contributed by atoms with Gasteiger partial charge in [0.25, 0.3) is 0 Å². The van der Waals surface area contributed by atoms with Crippen molar-refractivity contribution in [2.24, 2.45) is 4.99 Å². The minimum absolute atomic E-state index is 0.0456. The number of hydrogen-bond donors (Lipinski definition) is 1. The van der Waals surface area contributed by atoms with Gasteiger partial charge in [0.05, 0.1) is 6.04 Å². The maximum Gasteiger partial charge on any atom is 0.133 e. The first-order chi connectivity index (χ1) is 6.16. The second-order valence-corrected chi connectivity index (χ2v) is 3.92. The molecule has 1 heterocycles. The summed E-state index contributed by atoms with van der Waals surface area (Å²) in [6.45, 7) is 2.63. The maximum atomic E-state index is 13.0. The van der Waals surface area contributed by atoms with E-state index in [2.05, 4.69) is 10.3 Å². The summed E-state index contributed by atoms with van der Waals surface area (Å²) in [4.78, 5) is 4.34. The molecule has 2 aliphatic rings. The van der Waals surface area contributed by atoms with E-state index < -0.39 is 12.3 Å². The van der Waals surface area contributed by atoms with Gasteiger partial charge in [-0.2, -0.15) is 0 Å². The van der Waals surface area contributed by atoms with Crippen LogP contribution in [0.4, 0.5) is 8.78 Å². The summed E-state index contributed by atoms with van der Waals surface area (Å²) in [7, 11) is 0. The van der Waals surface area contributed by atoms with E-state index in [4.69, 9.17) is 0 Å². The first-order valence-electron chi connectivity index (χ1n) is 4.71. The van der Waals surface area contributed by atoms with E-state index >= 15 is 0 Å². The molecular formula is C9H14F2N2. The van der Waals surface area contributed by atoms with E-state index in [9.17, 15) is 8.78 Å². The number of nitrogens with one attached hydrogen (secondary N) is 1. The molecular weight excluding hydrogens is 174 g/mol. The average molecular weight is 188 g/mol. The van der Waals surface area contributed by atoms with Crippen molar-refractivity contribution in [1.82, 2.24) is 5.32 Å². The number of fused-ring (bicyclic) bond motifs is 1. The number of hydrogen-bond acceptors (Lipinski definition) is 2. The van der Waals surface area contributed by atoms with Crippen molar-refractivity contribution in [1.29, 1.82) is 0 Å². The highest BCUT2D eigenvalue weighted by molar-refractivity contribution is 5.84. The lowest BCUT2D eigenvalue weighted by Gasteiger charge is -2.36. The lowest BCUT2D eigenvalue weighted by molar-refractivity contribution is 0.0885. The Bertz CT molecular complexity index is 230. The first kappa shape index (κ1) is 9.06. The molecule has 13 heavy (non-hydrogen) atoms. The van der Waals surface area contributed by atoms with Gasteiger partial charge in [-0.05, 0) is 13.3 Å². The lowest BCUT2D eigenvalue weighted by atomic mass is 9.87. The third-order valence-corrected chi connectivity index (χ3v) is 2.81. The van der Waals surface area contributed by atoms with Crippen molar-refractivity contribution in [2.45, 2.75) is 44.2 Å². The average Bonchev–Trinajstić information content (AvgIpc) is 2.08. The quantitative estimate of drug-likeness (QED) is 0.608. The molecule has 1 aliphatic carbocycles. The number of rotatable bonds is 0.